The highest BCUT2D eigenvalue weighted by Crippen LogP contribution is 2.40. The van der Waals surface area contributed by atoms with Crippen molar-refractivity contribution in [2.75, 3.05) is 32.0 Å². The minimum absolute atomic E-state index is 0.0317. The Balaban J connectivity index is 1.26. The van der Waals surface area contributed by atoms with Gasteiger partial charge in [0.1, 0.15) is 24.2 Å². The summed E-state index contributed by atoms with van der Waals surface area (Å²) >= 11 is 0.981. The Hall–Kier alpha value is -4.51. The molecule has 0 saturated carbocycles. The highest BCUT2D eigenvalue weighted by Gasteiger charge is 2.57. The van der Waals surface area contributed by atoms with Crippen molar-refractivity contribution in [1.29, 1.82) is 0 Å². The van der Waals surface area contributed by atoms with E-state index in [1.807, 2.05) is 17.1 Å². The molecule has 19 nitrogen and oxygen atoms in total. The zero-order valence-corrected chi connectivity index (χ0v) is 29.2. The Morgan fingerprint density at radius 3 is 2.49 bits per heavy atom. The van der Waals surface area contributed by atoms with E-state index in [4.69, 9.17) is 25.6 Å². The van der Waals surface area contributed by atoms with Crippen LogP contribution in [0.1, 0.15) is 26.0 Å². The fourth-order valence-electron chi connectivity index (χ4n) is 5.46. The molecule has 1 unspecified atom stereocenters. The monoisotopic (exact) mass is 751 g/mol. The number of benzene rings is 1. The number of carboxylic acids is 1. The van der Waals surface area contributed by atoms with E-state index in [1.165, 1.54) is 19.2 Å². The number of ketones is 1. The molecule has 1 aromatic carbocycles. The topological polar surface area (TPSA) is 275 Å². The Morgan fingerprint density at radius 1 is 1.24 bits per heavy atom. The van der Waals surface area contributed by atoms with E-state index in [0.29, 0.717) is 23.3 Å². The minimum atomic E-state index is -5.00. The van der Waals surface area contributed by atoms with E-state index in [0.717, 1.165) is 42.1 Å². The molecule has 8 N–H and O–H groups in total. The second-order valence-corrected chi connectivity index (χ2v) is 14.5. The normalized spacial score (nSPS) is 18.8. The summed E-state index contributed by atoms with van der Waals surface area (Å²) < 4.78 is 45.3. The summed E-state index contributed by atoms with van der Waals surface area (Å²) in [5, 5.41) is 28.9. The summed E-state index contributed by atoms with van der Waals surface area (Å²) in [5.41, 5.74) is 11.3. The third-order valence-electron chi connectivity index (χ3n) is 8.48. The number of carboxylic acid groups (broad SMARTS) is 1. The van der Waals surface area contributed by atoms with Gasteiger partial charge in [-0.15, -0.1) is 20.3 Å². The molecule has 2 aliphatic heterocycles. The van der Waals surface area contributed by atoms with Crippen molar-refractivity contribution in [3.05, 3.63) is 47.7 Å². The Morgan fingerprint density at radius 2 is 1.94 bits per heavy atom. The number of oxime groups is 1. The van der Waals surface area contributed by atoms with E-state index in [9.17, 15) is 33.0 Å². The first-order chi connectivity index (χ1) is 24.0. The van der Waals surface area contributed by atoms with E-state index < -0.39 is 70.5 Å². The van der Waals surface area contributed by atoms with Crippen molar-refractivity contribution in [2.45, 2.75) is 51.1 Å². The van der Waals surface area contributed by atoms with Gasteiger partial charge in [-0.2, -0.15) is 18.2 Å². The van der Waals surface area contributed by atoms with Crippen molar-refractivity contribution < 1.29 is 56.1 Å². The predicted octanol–water partition coefficient (Wildman–Crippen LogP) is -0.796. The molecule has 2 aromatic heterocycles. The quantitative estimate of drug-likeness (QED) is 0.0305. The van der Waals surface area contributed by atoms with E-state index >= 15 is 0 Å². The number of thiazole rings is 1. The number of carbonyl (C=O) groups is 3. The molecule has 276 valence electrons. The lowest BCUT2D eigenvalue weighted by Crippen LogP contribution is -2.68. The Bertz CT molecular complexity index is 1870. The number of nitrogens with two attached hydrogens (primary N) is 2. The van der Waals surface area contributed by atoms with Gasteiger partial charge in [-0.3, -0.25) is 14.1 Å². The number of aliphatic carboxylic acids is 1. The molecular formula is C30H39N8O11S2+. The average molecular weight is 752 g/mol. The first kappa shape index (κ1) is 37.7. The number of β-lactam (4-membered cyclic amide) rings is 1. The number of nitrogens with zero attached hydrogens (tertiary/aromatic N) is 5. The van der Waals surface area contributed by atoms with Crippen LogP contribution in [0.5, 0.6) is 5.75 Å². The number of rotatable bonds is 18. The van der Waals surface area contributed by atoms with E-state index in [2.05, 4.69) is 24.4 Å². The molecule has 0 spiro atoms. The van der Waals surface area contributed by atoms with Gasteiger partial charge in [0.15, 0.2) is 23.2 Å². The fraction of sp³-hybridized carbons (Fsp3) is 0.467. The SMILES string of the molecule is CC1(C)C(CC(=O)/C(=N\O[C@@H](COc2ccc(-c3cn(CC4CNC4)[n+](C[C@@H](O)CN)c3)cc2)C(=O)O)c2csc(N)n2)C(=O)N1OS(=O)(=O)O. The summed E-state index contributed by atoms with van der Waals surface area (Å²) in [4.78, 5) is 47.3. The maximum Gasteiger partial charge on any atom is 0.418 e. The number of nitrogen functional groups attached to an aromatic ring is 1. The molecule has 2 aliphatic rings. The summed E-state index contributed by atoms with van der Waals surface area (Å²) in [6, 6.07) is 6.91. The predicted molar refractivity (Wildman–Crippen MR) is 179 cm³/mol. The molecule has 51 heavy (non-hydrogen) atoms. The maximum atomic E-state index is 13.4. The molecule has 21 heteroatoms. The van der Waals surface area contributed by atoms with Gasteiger partial charge >= 0.3 is 16.4 Å². The summed E-state index contributed by atoms with van der Waals surface area (Å²) in [7, 11) is -5.00. The lowest BCUT2D eigenvalue weighted by Gasteiger charge is -2.50. The molecule has 1 amide bonds. The lowest BCUT2D eigenvalue weighted by atomic mass is 9.74. The van der Waals surface area contributed by atoms with E-state index in [1.54, 1.807) is 24.3 Å². The van der Waals surface area contributed by atoms with Crippen LogP contribution in [0.2, 0.25) is 0 Å². The van der Waals surface area contributed by atoms with Crippen molar-refractivity contribution in [3.8, 4) is 16.9 Å². The van der Waals surface area contributed by atoms with Gasteiger partial charge in [0.05, 0.1) is 29.8 Å². The third-order valence-corrected chi connectivity index (χ3v) is 9.50. The molecule has 2 saturated heterocycles. The smallest absolute Gasteiger partial charge is 0.418 e. The van der Waals surface area contributed by atoms with Gasteiger partial charge in [0.25, 0.3) is 12.0 Å². The van der Waals surface area contributed by atoms with Crippen LogP contribution in [-0.2, 0) is 47.0 Å². The zero-order valence-electron chi connectivity index (χ0n) is 27.6. The van der Waals surface area contributed by atoms with Gasteiger partial charge in [0.2, 0.25) is 6.20 Å². The van der Waals surface area contributed by atoms with Crippen molar-refractivity contribution in [2.24, 2.45) is 22.7 Å². The number of ether oxygens (including phenoxy) is 1. The summed E-state index contributed by atoms with van der Waals surface area (Å²) in [6.45, 7) is 5.41. The standard InChI is InChI=1S/C30H38N8O11S2/c1-30(2)22(27(41)38(30)49-51(44,45)46)7-24(40)26(23-16-50-29(32)34-23)35-48-25(28(42)43)15-47-21-5-3-18(4-6-21)19-12-36(11-17-9-33-10-17)37(13-19)14-20(39)8-31/h3-6,12-13,16-17,20,22,25,33,39H,7-11,14-15,31H2,1-2H3,(H3-,32,34,42,43,44,45,46)/p+1/b35-26-/t20-,22?,25-/m0/s1. The van der Waals surface area contributed by atoms with Gasteiger partial charge in [-0.25, -0.2) is 9.78 Å². The van der Waals surface area contributed by atoms with Crippen LogP contribution >= 0.6 is 11.3 Å². The van der Waals surface area contributed by atoms with Crippen LogP contribution in [-0.4, -0.2) is 105 Å². The van der Waals surface area contributed by atoms with Crippen LogP contribution in [0.25, 0.3) is 11.1 Å². The zero-order chi connectivity index (χ0) is 37.1. The van der Waals surface area contributed by atoms with Gasteiger partial charge < -0.3 is 36.6 Å². The van der Waals surface area contributed by atoms with Gasteiger partial charge in [-0.1, -0.05) is 17.3 Å². The molecule has 0 bridgehead atoms. The number of aliphatic hydroxyl groups is 1. The number of aromatic nitrogens is 3. The van der Waals surface area contributed by atoms with Gasteiger partial charge in [-0.05, 0) is 31.5 Å². The molecular weight excluding hydrogens is 713 g/mol. The van der Waals surface area contributed by atoms with Crippen molar-refractivity contribution in [1.82, 2.24) is 20.0 Å². The number of nitrogens with one attached hydrogen (secondary N) is 1. The van der Waals surface area contributed by atoms with Crippen molar-refractivity contribution in [3.63, 3.8) is 0 Å². The second-order valence-electron chi connectivity index (χ2n) is 12.6. The highest BCUT2D eigenvalue weighted by molar-refractivity contribution is 7.80. The number of Topliss-reactive ketones (excluding diaryl/α,β-unsaturated/α-hetero) is 1. The number of hydrogen-bond donors (Lipinski definition) is 6. The molecule has 0 aliphatic carbocycles. The van der Waals surface area contributed by atoms with Crippen LogP contribution < -0.4 is 26.2 Å². The average Bonchev–Trinajstić information content (AvgIpc) is 3.66. The van der Waals surface area contributed by atoms with Gasteiger partial charge in [0, 0.05) is 37.4 Å². The number of aliphatic hydroxyl groups excluding tert-OH is 1. The first-order valence-electron chi connectivity index (χ1n) is 15.7. The lowest BCUT2D eigenvalue weighted by molar-refractivity contribution is -0.780. The molecule has 4 heterocycles. The van der Waals surface area contributed by atoms with Crippen LogP contribution in [0, 0.1) is 11.8 Å². The number of anilines is 1. The number of hydrogen-bond acceptors (Lipinski definition) is 15. The maximum absolute atomic E-state index is 13.4. The van der Waals surface area contributed by atoms with Crippen molar-refractivity contribution >= 4 is 50.2 Å². The number of carbonyl (C=O) groups excluding carboxylic acids is 2. The summed E-state index contributed by atoms with van der Waals surface area (Å²) in [6.07, 6.45) is 1.03. The molecule has 0 radical (unpaired) electrons. The molecule has 3 aromatic rings. The minimum Gasteiger partial charge on any atom is -0.489 e. The van der Waals surface area contributed by atoms with Crippen LogP contribution in [0.15, 0.2) is 47.2 Å². The van der Waals surface area contributed by atoms with Crippen LogP contribution in [0.3, 0.4) is 0 Å². The third kappa shape index (κ3) is 9.05. The fourth-order valence-corrected chi connectivity index (χ4v) is 6.47. The Kier molecular flexibility index (Phi) is 11.4. The largest absolute Gasteiger partial charge is 0.489 e. The summed E-state index contributed by atoms with van der Waals surface area (Å²) in [5.74, 6) is -3.40. The number of amides is 1. The molecule has 2 fully saturated rings. The molecule has 3 atom stereocenters. The molecule has 5 rings (SSSR count). The number of hydroxylamine groups is 2. The Labute approximate surface area is 296 Å². The van der Waals surface area contributed by atoms with E-state index in [-0.39, 0.29) is 17.4 Å². The second kappa shape index (κ2) is 15.4. The first-order valence-corrected chi connectivity index (χ1v) is 17.9. The van der Waals surface area contributed by atoms with Crippen LogP contribution in [0.4, 0.5) is 5.13 Å². The highest BCUT2D eigenvalue weighted by atomic mass is 32.3.